The van der Waals surface area contributed by atoms with E-state index in [2.05, 4.69) is 46.4 Å². The van der Waals surface area contributed by atoms with Gasteiger partial charge in [-0.1, -0.05) is 77.4 Å². The molecule has 208 valence electrons. The first-order chi connectivity index (χ1) is 17.1. The summed E-state index contributed by atoms with van der Waals surface area (Å²) >= 11 is 7.40. The van der Waals surface area contributed by atoms with Gasteiger partial charge in [-0.05, 0) is 39.5 Å². The molecular weight excluding hydrogens is 482 g/mol. The molecule has 0 aromatic carbocycles. The highest BCUT2D eigenvalue weighted by molar-refractivity contribution is 8.23. The minimum Gasteiger partial charge on any atom is -0.379 e. The van der Waals surface area contributed by atoms with Crippen molar-refractivity contribution in [2.45, 2.75) is 123 Å². The molecule has 8 heteroatoms. The first kappa shape index (κ1) is 33.1. The van der Waals surface area contributed by atoms with Gasteiger partial charge in [0.2, 0.25) is 0 Å². The number of thioether (sulfide) groups is 1. The summed E-state index contributed by atoms with van der Waals surface area (Å²) in [6, 6.07) is 0. The number of hydrogen-bond acceptors (Lipinski definition) is 7. The second-order valence-corrected chi connectivity index (χ2v) is 10.8. The Kier molecular flexibility index (Phi) is 19.9. The number of nitrogens with zero attached hydrogens (tertiary/aromatic N) is 1. The van der Waals surface area contributed by atoms with E-state index < -0.39 is 0 Å². The SMILES string of the molecule is CCCCOCC1OC(SC(=S)N(CC)CC)C(OCCCC)C(OCCCC)C1OCCCC. The second kappa shape index (κ2) is 21.0. The molecule has 0 spiro atoms. The predicted octanol–water partition coefficient (Wildman–Crippen LogP) is 6.44. The fraction of sp³-hybridized carbons (Fsp3) is 0.963. The molecule has 1 rings (SSSR count). The Morgan fingerprint density at radius 2 is 1.20 bits per heavy atom. The molecule has 5 atom stereocenters. The maximum absolute atomic E-state index is 6.69. The molecule has 0 aromatic rings. The predicted molar refractivity (Wildman–Crippen MR) is 151 cm³/mol. The lowest BCUT2D eigenvalue weighted by Gasteiger charge is -2.46. The van der Waals surface area contributed by atoms with Gasteiger partial charge in [-0.3, -0.25) is 0 Å². The van der Waals surface area contributed by atoms with E-state index in [0.717, 1.165) is 75.4 Å². The molecular formula is C27H53NO5S2. The first-order valence-corrected chi connectivity index (χ1v) is 15.4. The zero-order chi connectivity index (χ0) is 25.9. The zero-order valence-corrected chi connectivity index (χ0v) is 24.9. The van der Waals surface area contributed by atoms with Gasteiger partial charge in [-0.25, -0.2) is 0 Å². The molecule has 5 unspecified atom stereocenters. The summed E-state index contributed by atoms with van der Waals surface area (Å²) < 4.78 is 33.1. The van der Waals surface area contributed by atoms with Crippen LogP contribution in [-0.2, 0) is 23.7 Å². The summed E-state index contributed by atoms with van der Waals surface area (Å²) in [7, 11) is 0. The summed E-state index contributed by atoms with van der Waals surface area (Å²) in [4.78, 5) is 2.19. The average molecular weight is 536 g/mol. The third-order valence-electron chi connectivity index (χ3n) is 6.18. The molecule has 0 saturated carbocycles. The summed E-state index contributed by atoms with van der Waals surface area (Å²) in [6.45, 7) is 18.0. The molecule has 0 N–H and O–H groups in total. The Bertz CT molecular complexity index is 524. The molecule has 1 aliphatic rings. The van der Waals surface area contributed by atoms with Gasteiger partial charge in [-0.15, -0.1) is 0 Å². The van der Waals surface area contributed by atoms with E-state index in [1.165, 1.54) is 0 Å². The van der Waals surface area contributed by atoms with Crippen molar-refractivity contribution in [2.75, 3.05) is 46.1 Å². The molecule has 0 aromatic heterocycles. The van der Waals surface area contributed by atoms with Crippen LogP contribution in [0.4, 0.5) is 0 Å². The minimum absolute atomic E-state index is 0.221. The van der Waals surface area contributed by atoms with Crippen LogP contribution in [0.15, 0.2) is 0 Å². The van der Waals surface area contributed by atoms with Crippen LogP contribution in [0.5, 0.6) is 0 Å². The van der Waals surface area contributed by atoms with E-state index in [1.807, 2.05) is 0 Å². The number of thiocarbonyl (C=S) groups is 1. The van der Waals surface area contributed by atoms with Crippen molar-refractivity contribution in [3.8, 4) is 0 Å². The van der Waals surface area contributed by atoms with Crippen LogP contribution in [0.3, 0.4) is 0 Å². The smallest absolute Gasteiger partial charge is 0.139 e. The Morgan fingerprint density at radius 1 is 0.714 bits per heavy atom. The largest absolute Gasteiger partial charge is 0.379 e. The van der Waals surface area contributed by atoms with Crippen LogP contribution in [0.25, 0.3) is 0 Å². The molecule has 6 nitrogen and oxygen atoms in total. The van der Waals surface area contributed by atoms with E-state index in [0.29, 0.717) is 26.4 Å². The van der Waals surface area contributed by atoms with Gasteiger partial charge < -0.3 is 28.6 Å². The lowest BCUT2D eigenvalue weighted by atomic mass is 9.99. The summed E-state index contributed by atoms with van der Waals surface area (Å²) in [5.41, 5.74) is -0.266. The highest BCUT2D eigenvalue weighted by Crippen LogP contribution is 2.35. The Labute approximate surface area is 225 Å². The van der Waals surface area contributed by atoms with Gasteiger partial charge in [0.05, 0.1) is 6.61 Å². The summed E-state index contributed by atoms with van der Waals surface area (Å²) in [6.07, 6.45) is 7.47. The minimum atomic E-state index is -0.266. The molecule has 0 bridgehead atoms. The van der Waals surface area contributed by atoms with E-state index in [1.54, 1.807) is 11.8 Å². The van der Waals surface area contributed by atoms with Crippen molar-refractivity contribution in [1.82, 2.24) is 4.90 Å². The standard InChI is InChI=1S/C27H53NO5S2/c1-7-13-17-29-21-22-23(30-18-14-8-2)24(31-19-15-9-3)25(32-20-16-10-4)26(33-22)35-27(34)28(11-5)12-6/h22-26H,7-21H2,1-6H3. The van der Waals surface area contributed by atoms with Crippen LogP contribution in [-0.4, -0.2) is 85.2 Å². The highest BCUT2D eigenvalue weighted by Gasteiger charge is 2.49. The topological polar surface area (TPSA) is 49.4 Å². The van der Waals surface area contributed by atoms with Crippen molar-refractivity contribution >= 4 is 28.3 Å². The van der Waals surface area contributed by atoms with E-state index >= 15 is 0 Å². The Morgan fingerprint density at radius 3 is 1.71 bits per heavy atom. The number of rotatable bonds is 20. The average Bonchev–Trinajstić information content (AvgIpc) is 2.85. The van der Waals surface area contributed by atoms with Gasteiger partial charge >= 0.3 is 0 Å². The highest BCUT2D eigenvalue weighted by atomic mass is 32.2. The van der Waals surface area contributed by atoms with Crippen LogP contribution in [0, 0.1) is 0 Å². The number of ether oxygens (including phenoxy) is 5. The van der Waals surface area contributed by atoms with Gasteiger partial charge in [0.15, 0.2) is 0 Å². The van der Waals surface area contributed by atoms with Gasteiger partial charge in [0.25, 0.3) is 0 Å². The first-order valence-electron chi connectivity index (χ1n) is 14.1. The second-order valence-electron chi connectivity index (χ2n) is 9.09. The molecule has 1 fully saturated rings. The third-order valence-corrected chi connectivity index (χ3v) is 7.80. The number of hydrogen-bond donors (Lipinski definition) is 0. The molecule has 0 aliphatic carbocycles. The van der Waals surface area contributed by atoms with Gasteiger partial charge in [0, 0.05) is 39.5 Å². The van der Waals surface area contributed by atoms with Crippen molar-refractivity contribution < 1.29 is 23.7 Å². The van der Waals surface area contributed by atoms with Gasteiger partial charge in [0.1, 0.15) is 34.2 Å². The monoisotopic (exact) mass is 535 g/mol. The lowest BCUT2D eigenvalue weighted by molar-refractivity contribution is -0.247. The van der Waals surface area contributed by atoms with E-state index in [9.17, 15) is 0 Å². The summed E-state index contributed by atoms with van der Waals surface area (Å²) in [5.74, 6) is 0. The quantitative estimate of drug-likeness (QED) is 0.130. The Balaban J connectivity index is 3.20. The fourth-order valence-electron chi connectivity index (χ4n) is 3.87. The van der Waals surface area contributed by atoms with Crippen LogP contribution in [0.2, 0.25) is 0 Å². The molecule has 1 saturated heterocycles. The molecule has 35 heavy (non-hydrogen) atoms. The number of unbranched alkanes of at least 4 members (excludes halogenated alkanes) is 4. The van der Waals surface area contributed by atoms with Crippen molar-refractivity contribution in [2.24, 2.45) is 0 Å². The molecule has 0 radical (unpaired) electrons. The van der Waals surface area contributed by atoms with Crippen LogP contribution < -0.4 is 0 Å². The van der Waals surface area contributed by atoms with Crippen LogP contribution >= 0.6 is 24.0 Å². The van der Waals surface area contributed by atoms with E-state index in [4.69, 9.17) is 35.9 Å². The normalized spacial score (nSPS) is 24.6. The summed E-state index contributed by atoms with van der Waals surface area (Å²) in [5, 5.41) is 0. The maximum Gasteiger partial charge on any atom is 0.139 e. The lowest BCUT2D eigenvalue weighted by Crippen LogP contribution is -2.61. The molecule has 1 heterocycles. The van der Waals surface area contributed by atoms with Crippen LogP contribution in [0.1, 0.15) is 92.9 Å². The molecule has 1 aliphatic heterocycles. The van der Waals surface area contributed by atoms with Crippen molar-refractivity contribution in [3.63, 3.8) is 0 Å². The molecule has 0 amide bonds. The maximum atomic E-state index is 6.69. The van der Waals surface area contributed by atoms with E-state index in [-0.39, 0.29) is 29.9 Å². The Hall–Kier alpha value is 0.0400. The van der Waals surface area contributed by atoms with Crippen molar-refractivity contribution in [1.29, 1.82) is 0 Å². The fourth-order valence-corrected chi connectivity index (χ4v) is 5.58. The van der Waals surface area contributed by atoms with Gasteiger partial charge in [-0.2, -0.15) is 0 Å². The zero-order valence-electron chi connectivity index (χ0n) is 23.3. The van der Waals surface area contributed by atoms with Crippen molar-refractivity contribution in [3.05, 3.63) is 0 Å². The third kappa shape index (κ3) is 12.4.